The molecule has 0 atom stereocenters. The van der Waals surface area contributed by atoms with Gasteiger partial charge < -0.3 is 0 Å². The largest absolute Gasteiger partial charge is 0.265 e. The molecule has 0 aliphatic rings. The van der Waals surface area contributed by atoms with E-state index in [2.05, 4.69) is 301 Å². The van der Waals surface area contributed by atoms with Crippen LogP contribution in [0.25, 0.3) is 89.0 Å². The fraction of sp³-hybridized carbons (Fsp3) is 0.220. The zero-order valence-corrected chi connectivity index (χ0v) is 76.6. The summed E-state index contributed by atoms with van der Waals surface area (Å²) in [6, 6.07) is 106. The Morgan fingerprint density at radius 2 is 0.576 bits per heavy atom. The maximum atomic E-state index is 14.2. The minimum Gasteiger partial charge on any atom is -0.265 e. The molecule has 0 bridgehead atoms. The van der Waals surface area contributed by atoms with Gasteiger partial charge in [0.2, 0.25) is 0 Å². The highest BCUT2D eigenvalue weighted by Crippen LogP contribution is 2.36. The number of aromatic nitrogens is 4. The Kier molecular flexibility index (Phi) is 37.8. The van der Waals surface area contributed by atoms with Crippen molar-refractivity contribution >= 4 is 0 Å². The lowest BCUT2D eigenvalue weighted by Gasteiger charge is -2.19. The van der Waals surface area contributed by atoms with E-state index in [-0.39, 0.29) is 11.4 Å². The Labute approximate surface area is 745 Å². The minimum absolute atomic E-state index is 0.0645. The van der Waals surface area contributed by atoms with Gasteiger partial charge in [0, 0.05) is 66.3 Å². The first kappa shape index (κ1) is 95.9. The van der Waals surface area contributed by atoms with Gasteiger partial charge >= 0.3 is 0 Å². The lowest BCUT2D eigenvalue weighted by Crippen LogP contribution is -2.00. The second-order valence-electron chi connectivity index (χ2n) is 34.1. The van der Waals surface area contributed by atoms with Gasteiger partial charge in [-0.3, -0.25) is 19.9 Å². The smallest absolute Gasteiger partial charge is 0.129 e. The Morgan fingerprint density at radius 3 is 0.968 bits per heavy atom. The monoisotopic (exact) mass is 1650 g/mol. The number of hydrogen-bond donors (Lipinski definition) is 0. The van der Waals surface area contributed by atoms with E-state index in [0.29, 0.717) is 23.0 Å². The summed E-state index contributed by atoms with van der Waals surface area (Å²) in [4.78, 5) is 16.5. The molecular formula is C118H125F3N4. The van der Waals surface area contributed by atoms with Crippen molar-refractivity contribution in [2.45, 2.75) is 156 Å². The molecule has 0 unspecified atom stereocenters. The van der Waals surface area contributed by atoms with Gasteiger partial charge in [0.1, 0.15) is 17.5 Å². The number of pyridine rings is 4. The number of hydrogen-bond acceptors (Lipinski definition) is 4. The number of halogens is 3. The highest BCUT2D eigenvalue weighted by Gasteiger charge is 2.16. The molecule has 0 saturated carbocycles. The van der Waals surface area contributed by atoms with Gasteiger partial charge in [-0.1, -0.05) is 323 Å². The Balaban J connectivity index is 0.000000164. The third kappa shape index (κ3) is 31.1. The van der Waals surface area contributed by atoms with Gasteiger partial charge in [-0.25, -0.2) is 13.2 Å². The first-order valence-electron chi connectivity index (χ1n) is 43.8. The summed E-state index contributed by atoms with van der Waals surface area (Å²) in [5, 5.41) is 0. The molecular weight excluding hydrogens is 1530 g/mol. The summed E-state index contributed by atoms with van der Waals surface area (Å²) < 4.78 is 40.8. The molecule has 0 spiro atoms. The second-order valence-corrected chi connectivity index (χ2v) is 34.1. The van der Waals surface area contributed by atoms with Crippen molar-refractivity contribution in [3.8, 4) is 89.0 Å². The first-order chi connectivity index (χ1) is 60.2. The highest BCUT2D eigenvalue weighted by molar-refractivity contribution is 5.78. The van der Waals surface area contributed by atoms with E-state index in [1.54, 1.807) is 18.5 Å². The maximum Gasteiger partial charge on any atom is 0.129 e. The van der Waals surface area contributed by atoms with E-state index >= 15 is 0 Å². The van der Waals surface area contributed by atoms with Gasteiger partial charge in [-0.05, 0) is 311 Å². The Morgan fingerprint density at radius 1 is 0.224 bits per heavy atom. The maximum absolute atomic E-state index is 14.2. The molecule has 16 rings (SSSR count). The molecule has 0 aliphatic carbocycles. The summed E-state index contributed by atoms with van der Waals surface area (Å²) in [6.45, 7) is 38.8. The van der Waals surface area contributed by atoms with E-state index in [1.165, 1.54) is 144 Å². The first-order valence-corrected chi connectivity index (χ1v) is 43.8. The second kappa shape index (κ2) is 49.4. The molecule has 4 aromatic heterocycles. The minimum atomic E-state index is -0.506. The molecule has 0 fully saturated rings. The summed E-state index contributed by atoms with van der Waals surface area (Å²) in [7, 11) is 0. The molecule has 638 valence electrons. The fourth-order valence-electron chi connectivity index (χ4n) is 14.8. The number of rotatable bonds is 16. The van der Waals surface area contributed by atoms with Crippen molar-refractivity contribution in [3.63, 3.8) is 0 Å². The van der Waals surface area contributed by atoms with E-state index in [4.69, 9.17) is 0 Å². The Hall–Kier alpha value is -13.0. The molecule has 0 amide bonds. The van der Waals surface area contributed by atoms with Crippen LogP contribution in [0.4, 0.5) is 13.2 Å². The average Bonchev–Trinajstić information content (AvgIpc) is 0.809. The van der Waals surface area contributed by atoms with Crippen molar-refractivity contribution in [1.29, 1.82) is 0 Å². The van der Waals surface area contributed by atoms with E-state index < -0.39 is 11.6 Å². The van der Waals surface area contributed by atoms with Crippen molar-refractivity contribution in [3.05, 3.63) is 455 Å². The predicted octanol–water partition coefficient (Wildman–Crippen LogP) is 33.1. The van der Waals surface area contributed by atoms with Gasteiger partial charge in [-0.15, -0.1) is 0 Å². The van der Waals surface area contributed by atoms with E-state index in [1.807, 2.05) is 171 Å². The number of aryl methyl sites for hydroxylation is 5. The average molecular weight is 1660 g/mol. The van der Waals surface area contributed by atoms with E-state index in [0.717, 1.165) is 56.7 Å². The molecule has 16 aromatic rings. The summed E-state index contributed by atoms with van der Waals surface area (Å²) in [5.74, 6) is 2.25. The number of benzene rings is 12. The number of nitrogens with zero attached hydrogens (tertiary/aromatic N) is 4. The van der Waals surface area contributed by atoms with Crippen LogP contribution in [0.3, 0.4) is 0 Å². The molecule has 0 aliphatic heterocycles. The SMILES string of the molecule is Cc1c(C(C)C)cc(-c2ccccc2)cc1C(C)C.Cc1c(F)cc(-c2ccccc2)cc1-c1ccccc1.Cc1c(F)cc(-c2ccccc2)cc1F.Cc1cc(-c2cccnc2)cc(-c2cccnc2)c1.Cc1cc(-c2ccncc2)cc(-c2ccncc2)c1.Cc1ccc(CC(C)C)cc1.Cc1cccc(CC(C)C)c1.Cc1ccccc1CC(C)C. The molecule has 4 heterocycles. The zero-order chi connectivity index (χ0) is 89.7. The highest BCUT2D eigenvalue weighted by atomic mass is 19.1. The topological polar surface area (TPSA) is 51.6 Å². The molecule has 0 N–H and O–H groups in total. The standard InChI is InChI=1S/C19H15F.C19H24.2C17H14N2.C13H10F2.3C11H16/c1-14-18(16-10-6-3-7-11-16)12-17(13-19(14)20)15-8-4-2-5-9-15;1-13(2)18-11-17(16-9-7-6-8-10-16)12-19(14(3)4)15(18)5;1-13-10-16(14-2-6-18-7-3-14)12-17(11-13)15-4-8-19-9-5-15;1-13-8-16(14-4-2-6-18-11-14)10-17(9-13)15-5-3-7-19-12-15;1-9-12(14)7-11(8-13(9)15)10-5-3-2-4-6-10;1-9(2)8-11-6-4-10(3)5-7-11;1-9(2)7-11-6-4-5-10(3)8-11;1-9(2)8-11-7-5-4-6-10(11)3/h2-13H,1H3;6-14H,1-5H3;2*2-12H,1H3;2-8H,1H3;4-7,9H,8H2,1-3H3;4-6,8-9H,7H2,1-3H3;4-7,9H,8H2,1-3H3. The molecule has 4 nitrogen and oxygen atoms in total. The normalized spacial score (nSPS) is 10.6. The summed E-state index contributed by atoms with van der Waals surface area (Å²) in [5.41, 5.74) is 33.6. The molecule has 7 heteroatoms. The third-order valence-corrected chi connectivity index (χ3v) is 21.3. The zero-order valence-electron chi connectivity index (χ0n) is 76.6. The van der Waals surface area contributed by atoms with Gasteiger partial charge in [0.15, 0.2) is 0 Å². The lowest BCUT2D eigenvalue weighted by molar-refractivity contribution is 0.569. The summed E-state index contributed by atoms with van der Waals surface area (Å²) in [6.07, 6.45) is 18.3. The predicted molar refractivity (Wildman–Crippen MR) is 528 cm³/mol. The Bertz CT molecular complexity index is 5590. The van der Waals surface area contributed by atoms with Crippen LogP contribution in [-0.4, -0.2) is 19.9 Å². The van der Waals surface area contributed by atoms with Crippen molar-refractivity contribution in [2.75, 3.05) is 0 Å². The van der Waals surface area contributed by atoms with Crippen molar-refractivity contribution < 1.29 is 13.2 Å². The van der Waals surface area contributed by atoms with Gasteiger partial charge in [0.25, 0.3) is 0 Å². The van der Waals surface area contributed by atoms with Gasteiger partial charge in [0.05, 0.1) is 0 Å². The quantitative estimate of drug-likeness (QED) is 0.0967. The van der Waals surface area contributed by atoms with Crippen LogP contribution >= 0.6 is 0 Å². The molecule has 0 radical (unpaired) electrons. The van der Waals surface area contributed by atoms with Crippen LogP contribution in [0.1, 0.15) is 153 Å². The van der Waals surface area contributed by atoms with Crippen LogP contribution in [-0.2, 0) is 19.3 Å². The van der Waals surface area contributed by atoms with Crippen molar-refractivity contribution in [1.82, 2.24) is 19.9 Å². The van der Waals surface area contributed by atoms with Crippen LogP contribution in [0.2, 0.25) is 0 Å². The van der Waals surface area contributed by atoms with Crippen LogP contribution < -0.4 is 0 Å². The van der Waals surface area contributed by atoms with Crippen LogP contribution in [0.15, 0.2) is 365 Å². The summed E-state index contributed by atoms with van der Waals surface area (Å²) >= 11 is 0. The molecule has 12 aromatic carbocycles. The fourth-order valence-corrected chi connectivity index (χ4v) is 14.8. The third-order valence-electron chi connectivity index (χ3n) is 21.3. The van der Waals surface area contributed by atoms with Crippen molar-refractivity contribution in [2.24, 2.45) is 17.8 Å². The molecule has 125 heavy (non-hydrogen) atoms. The van der Waals surface area contributed by atoms with Gasteiger partial charge in [-0.2, -0.15) is 0 Å². The van der Waals surface area contributed by atoms with Crippen LogP contribution in [0, 0.1) is 90.6 Å². The lowest BCUT2D eigenvalue weighted by atomic mass is 9.86. The van der Waals surface area contributed by atoms with Crippen LogP contribution in [0.5, 0.6) is 0 Å². The molecule has 0 saturated heterocycles. The van der Waals surface area contributed by atoms with E-state index in [9.17, 15) is 13.2 Å².